The van der Waals surface area contributed by atoms with Crippen LogP contribution in [0.25, 0.3) is 0 Å². The topological polar surface area (TPSA) is 39.9 Å². The maximum Gasteiger partial charge on any atom is 0.241 e. The van der Waals surface area contributed by atoms with Crippen LogP contribution in [-0.4, -0.2) is 16.2 Å². The Labute approximate surface area is 84.8 Å². The molecule has 76 valence electrons. The smallest absolute Gasteiger partial charge is 0.241 e. The number of imidazole rings is 1. The van der Waals surface area contributed by atoms with Crippen molar-refractivity contribution >= 4 is 0 Å². The van der Waals surface area contributed by atoms with Gasteiger partial charge >= 0.3 is 0 Å². The number of terminal acetylenes is 1. The van der Waals surface area contributed by atoms with Gasteiger partial charge in [0.2, 0.25) is 6.33 Å². The first-order chi connectivity index (χ1) is 6.83. The molecule has 0 spiro atoms. The minimum Gasteiger partial charge on any atom is -0.380 e. The molecule has 14 heavy (non-hydrogen) atoms. The predicted molar refractivity (Wildman–Crippen MR) is 54.3 cm³/mol. The van der Waals surface area contributed by atoms with E-state index in [1.165, 1.54) is 0 Å². The third-order valence-corrected chi connectivity index (χ3v) is 2.19. The number of rotatable bonds is 6. The Hall–Kier alpha value is -1.27. The molecule has 0 radical (unpaired) electrons. The number of hydrogen-bond donors (Lipinski definition) is 2. The molecule has 0 amide bonds. The van der Waals surface area contributed by atoms with Crippen molar-refractivity contribution in [3.63, 3.8) is 0 Å². The molecule has 1 aromatic heterocycles. The highest BCUT2D eigenvalue weighted by molar-refractivity contribution is 4.92. The third kappa shape index (κ3) is 4.11. The normalized spacial score (nSPS) is 12.3. The van der Waals surface area contributed by atoms with Gasteiger partial charge in [0.05, 0.1) is 6.54 Å². The van der Waals surface area contributed by atoms with Gasteiger partial charge in [0.1, 0.15) is 18.5 Å². The van der Waals surface area contributed by atoms with Gasteiger partial charge in [-0.25, -0.2) is 4.57 Å². The van der Waals surface area contributed by atoms with Gasteiger partial charge in [0.25, 0.3) is 0 Å². The Morgan fingerprint density at radius 2 is 2.29 bits per heavy atom. The van der Waals surface area contributed by atoms with Crippen molar-refractivity contribution < 1.29 is 9.67 Å². The van der Waals surface area contributed by atoms with E-state index >= 15 is 0 Å². The molecule has 0 saturated heterocycles. The van der Waals surface area contributed by atoms with Crippen LogP contribution in [0.1, 0.15) is 25.7 Å². The molecule has 0 aromatic carbocycles. The lowest BCUT2D eigenvalue weighted by Gasteiger charge is -2.01. The summed E-state index contributed by atoms with van der Waals surface area (Å²) in [7, 11) is 0. The van der Waals surface area contributed by atoms with Gasteiger partial charge in [-0.1, -0.05) is 5.92 Å². The Morgan fingerprint density at radius 1 is 1.43 bits per heavy atom. The van der Waals surface area contributed by atoms with Gasteiger partial charge in [-0.05, 0) is 25.7 Å². The summed E-state index contributed by atoms with van der Waals surface area (Å²) in [6.45, 7) is 1.02. The predicted octanol–water partition coefficient (Wildman–Crippen LogP) is 0.857. The molecule has 0 saturated carbocycles. The fourth-order valence-electron chi connectivity index (χ4n) is 1.35. The summed E-state index contributed by atoms with van der Waals surface area (Å²) in [6, 6.07) is 0. The molecular formula is C11H17N2O+. The maximum atomic E-state index is 9.09. The number of aromatic nitrogens is 2. The van der Waals surface area contributed by atoms with Crippen LogP contribution in [0.4, 0.5) is 0 Å². The fourth-order valence-corrected chi connectivity index (χ4v) is 1.35. The van der Waals surface area contributed by atoms with E-state index in [0.717, 1.165) is 25.8 Å². The van der Waals surface area contributed by atoms with Gasteiger partial charge in [-0.3, -0.25) is 4.98 Å². The van der Waals surface area contributed by atoms with Gasteiger partial charge in [-0.15, -0.1) is 6.42 Å². The molecule has 1 unspecified atom stereocenters. The van der Waals surface area contributed by atoms with Crippen molar-refractivity contribution in [2.75, 3.05) is 0 Å². The number of aliphatic hydroxyl groups is 1. The van der Waals surface area contributed by atoms with Crippen LogP contribution >= 0.6 is 0 Å². The second-order valence-electron chi connectivity index (χ2n) is 3.38. The van der Waals surface area contributed by atoms with E-state index in [2.05, 4.69) is 15.5 Å². The van der Waals surface area contributed by atoms with E-state index < -0.39 is 6.10 Å². The van der Waals surface area contributed by atoms with Crippen LogP contribution in [0.15, 0.2) is 18.7 Å². The number of H-pyrrole nitrogens is 1. The molecule has 1 heterocycles. The van der Waals surface area contributed by atoms with Crippen LogP contribution in [-0.2, 0) is 6.54 Å². The Kier molecular flexibility index (Phi) is 4.81. The van der Waals surface area contributed by atoms with Crippen molar-refractivity contribution in [3.8, 4) is 12.3 Å². The zero-order valence-electron chi connectivity index (χ0n) is 8.32. The minimum atomic E-state index is -0.560. The van der Waals surface area contributed by atoms with Gasteiger partial charge in [0.15, 0.2) is 0 Å². The Bertz CT molecular complexity index is 274. The van der Waals surface area contributed by atoms with E-state index in [1.54, 1.807) is 0 Å². The summed E-state index contributed by atoms with van der Waals surface area (Å²) in [4.78, 5) is 2.99. The second kappa shape index (κ2) is 6.22. The zero-order chi connectivity index (χ0) is 10.2. The highest BCUT2D eigenvalue weighted by Crippen LogP contribution is 2.02. The molecule has 0 aliphatic heterocycles. The summed E-state index contributed by atoms with van der Waals surface area (Å²) in [5.74, 6) is 2.31. The Morgan fingerprint density at radius 3 is 2.93 bits per heavy atom. The minimum absolute atomic E-state index is 0.560. The standard InChI is InChI=1S/C11H16N2O/c1-2-11(14)6-4-3-5-8-13-9-7-12-10-13/h1,7,9-11,14H,3-6,8H2/p+1. The molecular weight excluding hydrogens is 176 g/mol. The molecule has 0 aliphatic carbocycles. The van der Waals surface area contributed by atoms with Gasteiger partial charge < -0.3 is 5.11 Å². The first-order valence-corrected chi connectivity index (χ1v) is 4.99. The molecule has 3 nitrogen and oxygen atoms in total. The highest BCUT2D eigenvalue weighted by atomic mass is 16.3. The van der Waals surface area contributed by atoms with Gasteiger partial charge in [-0.2, -0.15) is 0 Å². The van der Waals surface area contributed by atoms with Crippen molar-refractivity contribution in [1.82, 2.24) is 4.98 Å². The first-order valence-electron chi connectivity index (χ1n) is 4.99. The number of hydrogen-bond acceptors (Lipinski definition) is 1. The summed E-state index contributed by atoms with van der Waals surface area (Å²) < 4.78 is 2.11. The molecule has 2 N–H and O–H groups in total. The number of aryl methyl sites for hydroxylation is 1. The lowest BCUT2D eigenvalue weighted by atomic mass is 10.1. The van der Waals surface area contributed by atoms with E-state index in [-0.39, 0.29) is 0 Å². The average molecular weight is 193 g/mol. The largest absolute Gasteiger partial charge is 0.380 e. The summed E-state index contributed by atoms with van der Waals surface area (Å²) in [6.07, 6.45) is 14.3. The molecule has 1 atom stereocenters. The number of nitrogens with zero attached hydrogens (tertiary/aromatic N) is 1. The summed E-state index contributed by atoms with van der Waals surface area (Å²) >= 11 is 0. The summed E-state index contributed by atoms with van der Waals surface area (Å²) in [5, 5.41) is 9.09. The van der Waals surface area contributed by atoms with E-state index in [4.69, 9.17) is 11.5 Å². The SMILES string of the molecule is C#CC(O)CCCCC[n+]1cc[nH]c1. The molecule has 0 aliphatic rings. The lowest BCUT2D eigenvalue weighted by molar-refractivity contribution is -0.696. The molecule has 0 bridgehead atoms. The van der Waals surface area contributed by atoms with Crippen LogP contribution in [0.2, 0.25) is 0 Å². The van der Waals surface area contributed by atoms with Crippen LogP contribution < -0.4 is 4.57 Å². The average Bonchev–Trinajstić information content (AvgIpc) is 2.69. The molecule has 3 heteroatoms. The summed E-state index contributed by atoms with van der Waals surface area (Å²) in [5.41, 5.74) is 0. The number of aliphatic hydroxyl groups excluding tert-OH is 1. The zero-order valence-corrected chi connectivity index (χ0v) is 8.32. The monoisotopic (exact) mass is 193 g/mol. The number of aromatic amines is 1. The first kappa shape index (κ1) is 10.8. The quantitative estimate of drug-likeness (QED) is 0.392. The lowest BCUT2D eigenvalue weighted by Crippen LogP contribution is -2.30. The van der Waals surface area contributed by atoms with Crippen LogP contribution in [0, 0.1) is 12.3 Å². The highest BCUT2D eigenvalue weighted by Gasteiger charge is 1.99. The maximum absolute atomic E-state index is 9.09. The van der Waals surface area contributed by atoms with Crippen molar-refractivity contribution in [3.05, 3.63) is 18.7 Å². The van der Waals surface area contributed by atoms with E-state index in [1.807, 2.05) is 18.7 Å². The molecule has 1 rings (SSSR count). The van der Waals surface area contributed by atoms with E-state index in [0.29, 0.717) is 6.42 Å². The third-order valence-electron chi connectivity index (χ3n) is 2.19. The molecule has 0 fully saturated rings. The van der Waals surface area contributed by atoms with Crippen molar-refractivity contribution in [2.24, 2.45) is 0 Å². The second-order valence-corrected chi connectivity index (χ2v) is 3.38. The number of unbranched alkanes of at least 4 members (excludes halogenated alkanes) is 2. The van der Waals surface area contributed by atoms with E-state index in [9.17, 15) is 0 Å². The van der Waals surface area contributed by atoms with Gasteiger partial charge in [0, 0.05) is 0 Å². The number of nitrogens with one attached hydrogen (secondary N) is 1. The van der Waals surface area contributed by atoms with Crippen LogP contribution in [0.5, 0.6) is 0 Å². The van der Waals surface area contributed by atoms with Crippen molar-refractivity contribution in [2.45, 2.75) is 38.3 Å². The Balaban J connectivity index is 1.98. The molecule has 1 aromatic rings. The van der Waals surface area contributed by atoms with Crippen molar-refractivity contribution in [1.29, 1.82) is 0 Å². The van der Waals surface area contributed by atoms with Crippen LogP contribution in [0.3, 0.4) is 0 Å². The fraction of sp³-hybridized carbons (Fsp3) is 0.545.